The maximum Gasteiger partial charge on any atom is 0.317 e. The van der Waals surface area contributed by atoms with Gasteiger partial charge in [-0.25, -0.2) is 0 Å². The van der Waals surface area contributed by atoms with Crippen LogP contribution in [0.4, 0.5) is 0 Å². The molecule has 0 bridgehead atoms. The number of carboxylic acids is 1. The molecule has 1 atom stereocenters. The minimum absolute atomic E-state index is 0.117. The molecule has 172 valence electrons. The Balaban J connectivity index is 1.28. The Labute approximate surface area is 199 Å². The van der Waals surface area contributed by atoms with Gasteiger partial charge in [0.25, 0.3) is 0 Å². The summed E-state index contributed by atoms with van der Waals surface area (Å²) in [7, 11) is 0. The molecule has 0 aliphatic carbocycles. The van der Waals surface area contributed by atoms with E-state index in [1.165, 1.54) is 11.1 Å². The number of benzene rings is 2. The third-order valence-electron chi connectivity index (χ3n) is 6.45. The molecule has 0 amide bonds. The average Bonchev–Trinajstić information content (AvgIpc) is 2.78. The summed E-state index contributed by atoms with van der Waals surface area (Å²) in [6, 6.07) is 14.4. The fraction of sp³-hybridized carbons (Fsp3) is 0.480. The van der Waals surface area contributed by atoms with Crippen LogP contribution in [0.1, 0.15) is 49.3 Å². The van der Waals surface area contributed by atoms with Crippen LogP contribution >= 0.6 is 23.2 Å². The molecule has 2 aliphatic rings. The number of carbonyl (C=O) groups is 1. The predicted molar refractivity (Wildman–Crippen MR) is 128 cm³/mol. The van der Waals surface area contributed by atoms with Crippen molar-refractivity contribution in [3.05, 3.63) is 63.6 Å². The molecule has 2 heterocycles. The lowest BCUT2D eigenvalue weighted by Gasteiger charge is -2.35. The normalized spacial score (nSPS) is 20.9. The Morgan fingerprint density at radius 3 is 2.41 bits per heavy atom. The minimum Gasteiger partial charge on any atom is -0.490 e. The standard InChI is InChI=1S/C25H30Cl2N2O3/c26-22-9-8-21(15-23(22)27)32-20-10-13-28(14-11-20)16-18-4-6-19(7-5-18)24-3-1-2-12-29(24)17-25(30)31/h4-9,15,20,24H,1-3,10-14,16-17H2,(H,30,31). The molecule has 0 saturated carbocycles. The molecule has 2 aromatic carbocycles. The summed E-state index contributed by atoms with van der Waals surface area (Å²) in [4.78, 5) is 15.8. The number of hydrogen-bond donors (Lipinski definition) is 1. The number of likely N-dealkylation sites (tertiary alicyclic amines) is 2. The molecule has 0 spiro atoms. The fourth-order valence-electron chi connectivity index (χ4n) is 4.76. The van der Waals surface area contributed by atoms with E-state index >= 15 is 0 Å². The van der Waals surface area contributed by atoms with E-state index in [0.29, 0.717) is 10.0 Å². The molecule has 0 radical (unpaired) electrons. The van der Waals surface area contributed by atoms with Crippen molar-refractivity contribution in [1.82, 2.24) is 9.80 Å². The molecule has 5 nitrogen and oxygen atoms in total. The SMILES string of the molecule is O=C(O)CN1CCCCC1c1ccc(CN2CCC(Oc3ccc(Cl)c(Cl)c3)CC2)cc1. The lowest BCUT2D eigenvalue weighted by atomic mass is 9.94. The van der Waals surface area contributed by atoms with Gasteiger partial charge in [-0.05, 0) is 55.5 Å². The molecule has 1 N–H and O–H groups in total. The van der Waals surface area contributed by atoms with Gasteiger partial charge in [0, 0.05) is 31.7 Å². The van der Waals surface area contributed by atoms with Gasteiger partial charge in [0.15, 0.2) is 0 Å². The monoisotopic (exact) mass is 476 g/mol. The van der Waals surface area contributed by atoms with Crippen molar-refractivity contribution in [3.8, 4) is 5.75 Å². The van der Waals surface area contributed by atoms with Crippen LogP contribution < -0.4 is 4.74 Å². The number of nitrogens with zero attached hydrogens (tertiary/aromatic N) is 2. The van der Waals surface area contributed by atoms with Crippen LogP contribution in [0, 0.1) is 0 Å². The molecular formula is C25H30Cl2N2O3. The van der Waals surface area contributed by atoms with Crippen molar-refractivity contribution in [2.45, 2.75) is 50.8 Å². The van der Waals surface area contributed by atoms with Crippen LogP contribution in [-0.4, -0.2) is 53.2 Å². The Morgan fingerprint density at radius 1 is 0.969 bits per heavy atom. The highest BCUT2D eigenvalue weighted by molar-refractivity contribution is 6.42. The van der Waals surface area contributed by atoms with E-state index in [9.17, 15) is 9.90 Å². The van der Waals surface area contributed by atoms with E-state index in [-0.39, 0.29) is 18.7 Å². The maximum atomic E-state index is 11.2. The van der Waals surface area contributed by atoms with Crippen molar-refractivity contribution in [2.75, 3.05) is 26.2 Å². The van der Waals surface area contributed by atoms with E-state index in [1.807, 2.05) is 6.07 Å². The second-order valence-electron chi connectivity index (χ2n) is 8.79. The zero-order chi connectivity index (χ0) is 22.5. The largest absolute Gasteiger partial charge is 0.490 e. The number of hydrogen-bond acceptors (Lipinski definition) is 4. The highest BCUT2D eigenvalue weighted by Crippen LogP contribution is 2.31. The topological polar surface area (TPSA) is 53.0 Å². The maximum absolute atomic E-state index is 11.2. The first-order valence-corrected chi connectivity index (χ1v) is 12.1. The smallest absolute Gasteiger partial charge is 0.317 e. The van der Waals surface area contributed by atoms with Crippen LogP contribution in [0.2, 0.25) is 10.0 Å². The fourth-order valence-corrected chi connectivity index (χ4v) is 5.05. The number of aliphatic carboxylic acids is 1. The lowest BCUT2D eigenvalue weighted by Crippen LogP contribution is -2.38. The van der Waals surface area contributed by atoms with Gasteiger partial charge in [0.2, 0.25) is 0 Å². The van der Waals surface area contributed by atoms with Crippen LogP contribution in [-0.2, 0) is 11.3 Å². The van der Waals surface area contributed by atoms with Crippen molar-refractivity contribution in [1.29, 1.82) is 0 Å². The third-order valence-corrected chi connectivity index (χ3v) is 7.19. The Kier molecular flexibility index (Phi) is 7.95. The Hall–Kier alpha value is -1.79. The average molecular weight is 477 g/mol. The highest BCUT2D eigenvalue weighted by Gasteiger charge is 2.26. The molecule has 4 rings (SSSR count). The molecule has 2 fully saturated rings. The van der Waals surface area contributed by atoms with Gasteiger partial charge >= 0.3 is 5.97 Å². The summed E-state index contributed by atoms with van der Waals surface area (Å²) in [5, 5.41) is 10.3. The lowest BCUT2D eigenvalue weighted by molar-refractivity contribution is -0.139. The van der Waals surface area contributed by atoms with Crippen LogP contribution in [0.15, 0.2) is 42.5 Å². The van der Waals surface area contributed by atoms with Crippen molar-refractivity contribution >= 4 is 29.2 Å². The molecule has 2 saturated heterocycles. The van der Waals surface area contributed by atoms with Gasteiger partial charge in [-0.2, -0.15) is 0 Å². The first-order valence-electron chi connectivity index (χ1n) is 11.4. The summed E-state index contributed by atoms with van der Waals surface area (Å²) in [5.74, 6) is 0.0214. The van der Waals surface area contributed by atoms with Gasteiger partial charge in [0.05, 0.1) is 16.6 Å². The van der Waals surface area contributed by atoms with Gasteiger partial charge in [-0.1, -0.05) is 53.9 Å². The Bertz CT molecular complexity index is 914. The minimum atomic E-state index is -0.750. The first kappa shape index (κ1) is 23.4. The van der Waals surface area contributed by atoms with Crippen molar-refractivity contribution < 1.29 is 14.6 Å². The van der Waals surface area contributed by atoms with E-state index in [1.54, 1.807) is 12.1 Å². The van der Waals surface area contributed by atoms with Gasteiger partial charge in [-0.3, -0.25) is 14.6 Å². The van der Waals surface area contributed by atoms with E-state index in [0.717, 1.165) is 64.0 Å². The zero-order valence-corrected chi connectivity index (χ0v) is 19.7. The van der Waals surface area contributed by atoms with Crippen LogP contribution in [0.25, 0.3) is 0 Å². The van der Waals surface area contributed by atoms with Crippen molar-refractivity contribution in [2.24, 2.45) is 0 Å². The summed E-state index contributed by atoms with van der Waals surface area (Å²) in [6.45, 7) is 3.87. The molecule has 32 heavy (non-hydrogen) atoms. The number of piperidine rings is 2. The molecule has 0 aromatic heterocycles. The quantitative estimate of drug-likeness (QED) is 0.559. The molecule has 7 heteroatoms. The number of rotatable bonds is 7. The first-order chi connectivity index (χ1) is 15.5. The molecule has 2 aliphatic heterocycles. The summed E-state index contributed by atoms with van der Waals surface area (Å²) >= 11 is 12.1. The van der Waals surface area contributed by atoms with Gasteiger partial charge in [0.1, 0.15) is 11.9 Å². The van der Waals surface area contributed by atoms with E-state index < -0.39 is 5.97 Å². The second-order valence-corrected chi connectivity index (χ2v) is 9.60. The highest BCUT2D eigenvalue weighted by atomic mass is 35.5. The number of carboxylic acid groups (broad SMARTS) is 1. The third kappa shape index (κ3) is 6.16. The zero-order valence-electron chi connectivity index (χ0n) is 18.2. The summed E-state index contributed by atoms with van der Waals surface area (Å²) < 4.78 is 6.09. The summed E-state index contributed by atoms with van der Waals surface area (Å²) in [6.07, 6.45) is 5.40. The van der Waals surface area contributed by atoms with E-state index in [2.05, 4.69) is 34.1 Å². The molecule has 2 aromatic rings. The van der Waals surface area contributed by atoms with Crippen molar-refractivity contribution in [3.63, 3.8) is 0 Å². The second kappa shape index (κ2) is 10.9. The van der Waals surface area contributed by atoms with E-state index in [4.69, 9.17) is 27.9 Å². The molecular weight excluding hydrogens is 447 g/mol. The Morgan fingerprint density at radius 2 is 1.72 bits per heavy atom. The van der Waals surface area contributed by atoms with Gasteiger partial charge in [-0.15, -0.1) is 0 Å². The predicted octanol–water partition coefficient (Wildman–Crippen LogP) is 5.65. The van der Waals surface area contributed by atoms with Gasteiger partial charge < -0.3 is 9.84 Å². The van der Waals surface area contributed by atoms with Crippen LogP contribution in [0.5, 0.6) is 5.75 Å². The molecule has 1 unspecified atom stereocenters. The van der Waals surface area contributed by atoms with Crippen LogP contribution in [0.3, 0.4) is 0 Å². The number of ether oxygens (including phenoxy) is 1. The summed E-state index contributed by atoms with van der Waals surface area (Å²) in [5.41, 5.74) is 2.52. The number of halogens is 2.